The first kappa shape index (κ1) is 23.2. The lowest BCUT2D eigenvalue weighted by atomic mass is 10.0. The van der Waals surface area contributed by atoms with E-state index in [9.17, 15) is 13.2 Å². The van der Waals surface area contributed by atoms with Crippen molar-refractivity contribution in [3.05, 3.63) is 35.9 Å². The van der Waals surface area contributed by atoms with Crippen molar-refractivity contribution < 1.29 is 13.2 Å². The first-order valence-electron chi connectivity index (χ1n) is 8.95. The number of aryl methyl sites for hydroxylation is 1. The molecule has 12 heteroatoms. The Kier molecular flexibility index (Phi) is 8.05. The van der Waals surface area contributed by atoms with Gasteiger partial charge in [0.25, 0.3) is 0 Å². The summed E-state index contributed by atoms with van der Waals surface area (Å²) in [5.74, 6) is 1.12. The third kappa shape index (κ3) is 6.18. The Balaban J connectivity index is 0.00000300. The summed E-state index contributed by atoms with van der Waals surface area (Å²) >= 11 is 0. The number of hydrogen-bond acceptors (Lipinski definition) is 5. The Bertz CT molecular complexity index is 823. The molecule has 2 N–H and O–H groups in total. The fraction of sp³-hybridized carbons (Fsp3) is 0.529. The molecule has 1 atom stereocenters. The average molecular weight is 524 g/mol. The molecule has 160 valence electrons. The van der Waals surface area contributed by atoms with Crippen LogP contribution in [0.5, 0.6) is 0 Å². The van der Waals surface area contributed by atoms with Crippen molar-refractivity contribution in [2.45, 2.75) is 18.5 Å². The molecule has 0 radical (unpaired) electrons. The van der Waals surface area contributed by atoms with E-state index < -0.39 is 11.9 Å². The predicted molar refractivity (Wildman–Crippen MR) is 114 cm³/mol. The van der Waals surface area contributed by atoms with Gasteiger partial charge in [0.15, 0.2) is 5.96 Å². The van der Waals surface area contributed by atoms with E-state index in [0.717, 1.165) is 37.7 Å². The summed E-state index contributed by atoms with van der Waals surface area (Å²) in [4.78, 5) is 13.8. The third-order valence-corrected chi connectivity index (χ3v) is 4.53. The second kappa shape index (κ2) is 10.1. The van der Waals surface area contributed by atoms with Gasteiger partial charge in [0.2, 0.25) is 5.95 Å². The molecule has 3 heterocycles. The Morgan fingerprint density at radius 3 is 2.79 bits per heavy atom. The Hall–Kier alpha value is -2.12. The zero-order valence-electron chi connectivity index (χ0n) is 16.1. The fourth-order valence-electron chi connectivity index (χ4n) is 3.16. The van der Waals surface area contributed by atoms with Gasteiger partial charge in [-0.05, 0) is 18.1 Å². The number of guanidine groups is 1. The van der Waals surface area contributed by atoms with Crippen LogP contribution < -0.4 is 10.6 Å². The molecular formula is C17H24F3IN8. The number of nitrogens with zero attached hydrogens (tertiary/aromatic N) is 6. The molecule has 2 aromatic heterocycles. The van der Waals surface area contributed by atoms with Crippen LogP contribution in [0.25, 0.3) is 0 Å². The van der Waals surface area contributed by atoms with Crippen LogP contribution in [0, 0.1) is 0 Å². The lowest BCUT2D eigenvalue weighted by molar-refractivity contribution is -0.141. The minimum Gasteiger partial charge on any atom is -0.354 e. The van der Waals surface area contributed by atoms with E-state index in [1.807, 2.05) is 19.4 Å². The molecule has 1 fully saturated rings. The monoisotopic (exact) mass is 524 g/mol. The summed E-state index contributed by atoms with van der Waals surface area (Å²) < 4.78 is 39.8. The highest BCUT2D eigenvalue weighted by molar-refractivity contribution is 14.0. The number of aliphatic imine (C=N–C) groups is 1. The van der Waals surface area contributed by atoms with Gasteiger partial charge >= 0.3 is 6.18 Å². The molecule has 2 aromatic rings. The number of rotatable bonds is 5. The lowest BCUT2D eigenvalue weighted by Crippen LogP contribution is -2.41. The zero-order valence-corrected chi connectivity index (χ0v) is 18.5. The minimum atomic E-state index is -4.49. The number of anilines is 1. The van der Waals surface area contributed by atoms with Crippen molar-refractivity contribution in [3.63, 3.8) is 0 Å². The Morgan fingerprint density at radius 1 is 1.34 bits per heavy atom. The Labute approximate surface area is 184 Å². The zero-order chi connectivity index (χ0) is 20.1. The molecule has 0 amide bonds. The molecule has 1 aliphatic heterocycles. The van der Waals surface area contributed by atoms with E-state index in [1.54, 1.807) is 11.7 Å². The number of likely N-dealkylation sites (tertiary alicyclic amines) is 1. The minimum absolute atomic E-state index is 0. The smallest absolute Gasteiger partial charge is 0.354 e. The maximum atomic E-state index is 12.7. The third-order valence-electron chi connectivity index (χ3n) is 4.53. The molecule has 0 saturated carbocycles. The molecule has 8 nitrogen and oxygen atoms in total. The van der Waals surface area contributed by atoms with E-state index >= 15 is 0 Å². The van der Waals surface area contributed by atoms with Crippen molar-refractivity contribution in [2.24, 2.45) is 12.0 Å². The molecule has 1 aliphatic rings. The van der Waals surface area contributed by atoms with Crippen molar-refractivity contribution in [2.75, 3.05) is 38.5 Å². The number of nitrogens with one attached hydrogen (secondary N) is 2. The summed E-state index contributed by atoms with van der Waals surface area (Å²) in [7, 11) is 3.61. The van der Waals surface area contributed by atoms with Gasteiger partial charge in [0, 0.05) is 58.6 Å². The van der Waals surface area contributed by atoms with Crippen LogP contribution in [0.1, 0.15) is 23.6 Å². The molecule has 1 saturated heterocycles. The van der Waals surface area contributed by atoms with E-state index in [-0.39, 0.29) is 29.9 Å². The van der Waals surface area contributed by atoms with Gasteiger partial charge in [-0.3, -0.25) is 9.67 Å². The topological polar surface area (TPSA) is 83.3 Å². The summed E-state index contributed by atoms with van der Waals surface area (Å²) in [5.41, 5.74) is 0.246. The van der Waals surface area contributed by atoms with Crippen molar-refractivity contribution >= 4 is 35.9 Å². The van der Waals surface area contributed by atoms with Crippen LogP contribution in [-0.4, -0.2) is 63.8 Å². The second-order valence-corrected chi connectivity index (χ2v) is 6.54. The van der Waals surface area contributed by atoms with Crippen LogP contribution in [0.3, 0.4) is 0 Å². The average Bonchev–Trinajstić information content (AvgIpc) is 3.30. The maximum Gasteiger partial charge on any atom is 0.433 e. The Morgan fingerprint density at radius 2 is 2.14 bits per heavy atom. The molecule has 0 aliphatic carbocycles. The fourth-order valence-corrected chi connectivity index (χ4v) is 3.16. The number of aromatic nitrogens is 4. The highest BCUT2D eigenvalue weighted by atomic mass is 127. The largest absolute Gasteiger partial charge is 0.433 e. The summed E-state index contributed by atoms with van der Waals surface area (Å²) in [6.45, 7) is 2.56. The van der Waals surface area contributed by atoms with Crippen LogP contribution in [0.4, 0.5) is 19.1 Å². The molecule has 29 heavy (non-hydrogen) atoms. The van der Waals surface area contributed by atoms with Gasteiger partial charge < -0.3 is 15.5 Å². The molecule has 0 spiro atoms. The van der Waals surface area contributed by atoms with Crippen LogP contribution >= 0.6 is 24.0 Å². The maximum absolute atomic E-state index is 12.7. The normalized spacial score (nSPS) is 17.2. The summed E-state index contributed by atoms with van der Waals surface area (Å²) in [5, 5.41) is 10.2. The molecule has 0 aromatic carbocycles. The van der Waals surface area contributed by atoms with Crippen LogP contribution in [0.15, 0.2) is 29.6 Å². The van der Waals surface area contributed by atoms with E-state index in [2.05, 4.69) is 35.6 Å². The summed E-state index contributed by atoms with van der Waals surface area (Å²) in [6.07, 6.45) is 1.54. The van der Waals surface area contributed by atoms with E-state index in [4.69, 9.17) is 0 Å². The number of halogens is 4. The number of alkyl halides is 3. The van der Waals surface area contributed by atoms with Gasteiger partial charge in [0.05, 0.1) is 6.20 Å². The number of hydrogen-bond donors (Lipinski definition) is 2. The van der Waals surface area contributed by atoms with E-state index in [1.165, 1.54) is 5.56 Å². The first-order valence-corrected chi connectivity index (χ1v) is 8.95. The highest BCUT2D eigenvalue weighted by Gasteiger charge is 2.32. The molecule has 3 rings (SSSR count). The van der Waals surface area contributed by atoms with Gasteiger partial charge in [-0.2, -0.15) is 18.3 Å². The van der Waals surface area contributed by atoms with Crippen LogP contribution in [-0.2, 0) is 13.2 Å². The van der Waals surface area contributed by atoms with Crippen molar-refractivity contribution in [1.29, 1.82) is 0 Å². The highest BCUT2D eigenvalue weighted by Crippen LogP contribution is 2.28. The predicted octanol–water partition coefficient (Wildman–Crippen LogP) is 2.32. The van der Waals surface area contributed by atoms with Crippen LogP contribution in [0.2, 0.25) is 0 Å². The van der Waals surface area contributed by atoms with E-state index in [0.29, 0.717) is 19.0 Å². The molecule has 1 unspecified atom stereocenters. The van der Waals surface area contributed by atoms with Gasteiger partial charge in [-0.1, -0.05) is 0 Å². The van der Waals surface area contributed by atoms with Crippen molar-refractivity contribution in [1.82, 2.24) is 30.0 Å². The molecular weight excluding hydrogens is 500 g/mol. The van der Waals surface area contributed by atoms with Gasteiger partial charge in [-0.25, -0.2) is 9.97 Å². The van der Waals surface area contributed by atoms with Gasteiger partial charge in [-0.15, -0.1) is 24.0 Å². The SMILES string of the molecule is CN=C(NCCNc1nccc(C(F)(F)F)n1)N1CCC(c2cnn(C)c2)C1.I. The lowest BCUT2D eigenvalue weighted by Gasteiger charge is -2.21. The van der Waals surface area contributed by atoms with Crippen molar-refractivity contribution in [3.8, 4) is 0 Å². The standard InChI is InChI=1S/C17H23F3N8.HI/c1-21-16(28-8-4-12(11-28)13-9-25-27(2)10-13)24-7-6-23-15-22-5-3-14(26-15)17(18,19)20;/h3,5,9-10,12H,4,6-8,11H2,1-2H3,(H,21,24)(H,22,23,26);1H. The van der Waals surface area contributed by atoms with Gasteiger partial charge in [0.1, 0.15) is 5.69 Å². The quantitative estimate of drug-likeness (QED) is 0.271. The summed E-state index contributed by atoms with van der Waals surface area (Å²) in [6, 6.07) is 0.845. The second-order valence-electron chi connectivity index (χ2n) is 6.54. The first-order chi connectivity index (χ1) is 13.4. The molecule has 0 bridgehead atoms.